The second-order valence-corrected chi connectivity index (χ2v) is 5.85. The van der Waals surface area contributed by atoms with E-state index in [0.29, 0.717) is 18.3 Å². The van der Waals surface area contributed by atoms with Crippen LogP contribution in [0.5, 0.6) is 5.75 Å². The zero-order valence-corrected chi connectivity index (χ0v) is 11.7. The van der Waals surface area contributed by atoms with E-state index >= 15 is 0 Å². The first-order chi connectivity index (χ1) is 9.74. The van der Waals surface area contributed by atoms with Crippen LogP contribution in [0.2, 0.25) is 0 Å². The lowest BCUT2D eigenvalue weighted by Crippen LogP contribution is -2.35. The Labute approximate surface area is 119 Å². The number of nitrogens with one attached hydrogen (secondary N) is 2. The predicted octanol–water partition coefficient (Wildman–Crippen LogP) is 1.89. The van der Waals surface area contributed by atoms with E-state index in [9.17, 15) is 9.90 Å². The van der Waals surface area contributed by atoms with E-state index in [1.165, 1.54) is 11.1 Å². The van der Waals surface area contributed by atoms with Crippen LogP contribution >= 0.6 is 0 Å². The SMILES string of the molecule is O=C(NCCNC1CCCc2cc(O)ccc21)C1CC1. The minimum atomic E-state index is 0.209. The fraction of sp³-hybridized carbons (Fsp3) is 0.562. The zero-order valence-electron chi connectivity index (χ0n) is 11.7. The largest absolute Gasteiger partial charge is 0.508 e. The summed E-state index contributed by atoms with van der Waals surface area (Å²) in [6.45, 7) is 1.49. The van der Waals surface area contributed by atoms with Crippen LogP contribution in [-0.4, -0.2) is 24.1 Å². The molecule has 1 aromatic carbocycles. The molecule has 1 aromatic rings. The molecular formula is C16H22N2O2. The average molecular weight is 274 g/mol. The maximum absolute atomic E-state index is 11.5. The predicted molar refractivity (Wildman–Crippen MR) is 77.5 cm³/mol. The van der Waals surface area contributed by atoms with Crippen LogP contribution in [0.1, 0.15) is 42.9 Å². The molecule has 4 nitrogen and oxygen atoms in total. The Hall–Kier alpha value is -1.55. The van der Waals surface area contributed by atoms with E-state index in [1.54, 1.807) is 6.07 Å². The van der Waals surface area contributed by atoms with Gasteiger partial charge >= 0.3 is 0 Å². The van der Waals surface area contributed by atoms with Crippen LogP contribution in [0, 0.1) is 5.92 Å². The van der Waals surface area contributed by atoms with Gasteiger partial charge in [-0.2, -0.15) is 0 Å². The third-order valence-corrected chi connectivity index (χ3v) is 4.20. The molecule has 2 aliphatic rings. The smallest absolute Gasteiger partial charge is 0.223 e. The number of phenolic OH excluding ortho intramolecular Hbond substituents is 1. The molecule has 108 valence electrons. The second-order valence-electron chi connectivity index (χ2n) is 5.85. The molecule has 0 radical (unpaired) electrons. The molecule has 0 heterocycles. The van der Waals surface area contributed by atoms with Crippen molar-refractivity contribution >= 4 is 5.91 Å². The van der Waals surface area contributed by atoms with Crippen molar-refractivity contribution in [1.82, 2.24) is 10.6 Å². The van der Waals surface area contributed by atoms with Crippen molar-refractivity contribution in [2.24, 2.45) is 5.92 Å². The van der Waals surface area contributed by atoms with Crippen molar-refractivity contribution in [3.8, 4) is 5.75 Å². The Balaban J connectivity index is 1.50. The number of carbonyl (C=O) groups is 1. The number of aromatic hydroxyl groups is 1. The van der Waals surface area contributed by atoms with Crippen molar-refractivity contribution in [3.05, 3.63) is 29.3 Å². The Morgan fingerprint density at radius 1 is 1.25 bits per heavy atom. The number of benzene rings is 1. The Morgan fingerprint density at radius 3 is 2.90 bits per heavy atom. The lowest BCUT2D eigenvalue weighted by atomic mass is 9.87. The number of amides is 1. The lowest BCUT2D eigenvalue weighted by Gasteiger charge is -2.26. The quantitative estimate of drug-likeness (QED) is 0.719. The second kappa shape index (κ2) is 5.83. The molecule has 1 fully saturated rings. The third-order valence-electron chi connectivity index (χ3n) is 4.20. The highest BCUT2D eigenvalue weighted by Crippen LogP contribution is 2.31. The van der Waals surface area contributed by atoms with Crippen molar-refractivity contribution in [2.75, 3.05) is 13.1 Å². The molecule has 1 amide bonds. The minimum absolute atomic E-state index is 0.209. The fourth-order valence-corrected chi connectivity index (χ4v) is 2.93. The van der Waals surface area contributed by atoms with Gasteiger partial charge in [-0.1, -0.05) is 6.07 Å². The van der Waals surface area contributed by atoms with E-state index in [0.717, 1.165) is 38.6 Å². The molecule has 1 atom stereocenters. The van der Waals surface area contributed by atoms with Gasteiger partial charge in [0.2, 0.25) is 5.91 Å². The molecular weight excluding hydrogens is 252 g/mol. The van der Waals surface area contributed by atoms with Gasteiger partial charge in [-0.3, -0.25) is 4.79 Å². The van der Waals surface area contributed by atoms with Crippen molar-refractivity contribution in [1.29, 1.82) is 0 Å². The zero-order chi connectivity index (χ0) is 13.9. The highest BCUT2D eigenvalue weighted by molar-refractivity contribution is 5.80. The summed E-state index contributed by atoms with van der Waals surface area (Å²) in [6.07, 6.45) is 5.41. The van der Waals surface area contributed by atoms with Crippen LogP contribution in [-0.2, 0) is 11.2 Å². The van der Waals surface area contributed by atoms with Crippen molar-refractivity contribution in [3.63, 3.8) is 0 Å². The van der Waals surface area contributed by atoms with Gasteiger partial charge in [0, 0.05) is 25.0 Å². The normalized spacial score (nSPS) is 21.3. The van der Waals surface area contributed by atoms with Gasteiger partial charge in [-0.25, -0.2) is 0 Å². The van der Waals surface area contributed by atoms with E-state index in [-0.39, 0.29) is 11.8 Å². The fourth-order valence-electron chi connectivity index (χ4n) is 2.93. The summed E-state index contributed by atoms with van der Waals surface area (Å²) in [5.74, 6) is 0.843. The maximum Gasteiger partial charge on any atom is 0.223 e. The Morgan fingerprint density at radius 2 is 2.10 bits per heavy atom. The Kier molecular flexibility index (Phi) is 3.92. The van der Waals surface area contributed by atoms with E-state index in [4.69, 9.17) is 0 Å². The number of phenols is 1. The van der Waals surface area contributed by atoms with E-state index < -0.39 is 0 Å². The average Bonchev–Trinajstić information content (AvgIpc) is 3.27. The molecule has 3 rings (SSSR count). The number of hydrogen-bond acceptors (Lipinski definition) is 3. The van der Waals surface area contributed by atoms with Gasteiger partial charge in [0.05, 0.1) is 0 Å². The van der Waals surface area contributed by atoms with Crippen LogP contribution in [0.15, 0.2) is 18.2 Å². The first-order valence-corrected chi connectivity index (χ1v) is 7.57. The molecule has 20 heavy (non-hydrogen) atoms. The van der Waals surface area contributed by atoms with Gasteiger partial charge in [0.25, 0.3) is 0 Å². The third kappa shape index (κ3) is 3.12. The molecule has 4 heteroatoms. The van der Waals surface area contributed by atoms with Crippen LogP contribution in [0.4, 0.5) is 0 Å². The van der Waals surface area contributed by atoms with Gasteiger partial charge in [-0.15, -0.1) is 0 Å². The summed E-state index contributed by atoms with van der Waals surface area (Å²) >= 11 is 0. The molecule has 0 saturated heterocycles. The molecule has 0 bridgehead atoms. The summed E-state index contributed by atoms with van der Waals surface area (Å²) in [5.41, 5.74) is 2.54. The maximum atomic E-state index is 11.5. The molecule has 2 aliphatic carbocycles. The molecule has 1 unspecified atom stereocenters. The number of hydrogen-bond donors (Lipinski definition) is 3. The monoisotopic (exact) mass is 274 g/mol. The minimum Gasteiger partial charge on any atom is -0.508 e. The van der Waals surface area contributed by atoms with Crippen molar-refractivity contribution in [2.45, 2.75) is 38.1 Å². The topological polar surface area (TPSA) is 61.4 Å². The van der Waals surface area contributed by atoms with Gasteiger partial charge in [-0.05, 0) is 55.4 Å². The lowest BCUT2D eigenvalue weighted by molar-refractivity contribution is -0.122. The highest BCUT2D eigenvalue weighted by atomic mass is 16.3. The standard InChI is InChI=1S/C16H22N2O2/c19-13-6-7-14-12(10-13)2-1-3-15(14)17-8-9-18-16(20)11-4-5-11/h6-7,10-11,15,17,19H,1-5,8-9H2,(H,18,20). The van der Waals surface area contributed by atoms with E-state index in [2.05, 4.69) is 10.6 Å². The van der Waals surface area contributed by atoms with E-state index in [1.807, 2.05) is 12.1 Å². The molecule has 1 saturated carbocycles. The van der Waals surface area contributed by atoms with Gasteiger partial charge in [0.15, 0.2) is 0 Å². The summed E-state index contributed by atoms with van der Waals surface area (Å²) in [6, 6.07) is 5.99. The Bertz CT molecular complexity index is 497. The first kappa shape index (κ1) is 13.4. The number of carbonyl (C=O) groups excluding carboxylic acids is 1. The summed E-state index contributed by atoms with van der Waals surface area (Å²) in [5, 5.41) is 16.0. The van der Waals surface area contributed by atoms with Crippen LogP contribution in [0.25, 0.3) is 0 Å². The van der Waals surface area contributed by atoms with Gasteiger partial charge in [0.1, 0.15) is 5.75 Å². The highest BCUT2D eigenvalue weighted by Gasteiger charge is 2.29. The van der Waals surface area contributed by atoms with Gasteiger partial charge < -0.3 is 15.7 Å². The number of fused-ring (bicyclic) bond motifs is 1. The molecule has 0 aromatic heterocycles. The summed E-state index contributed by atoms with van der Waals surface area (Å²) < 4.78 is 0. The summed E-state index contributed by atoms with van der Waals surface area (Å²) in [4.78, 5) is 11.5. The summed E-state index contributed by atoms with van der Waals surface area (Å²) in [7, 11) is 0. The van der Waals surface area contributed by atoms with Crippen LogP contribution in [0.3, 0.4) is 0 Å². The number of rotatable bonds is 5. The molecule has 0 spiro atoms. The van der Waals surface area contributed by atoms with Crippen molar-refractivity contribution < 1.29 is 9.90 Å². The molecule has 0 aliphatic heterocycles. The number of aryl methyl sites for hydroxylation is 1. The molecule has 3 N–H and O–H groups in total. The first-order valence-electron chi connectivity index (χ1n) is 7.57. The van der Waals surface area contributed by atoms with Crippen LogP contribution < -0.4 is 10.6 Å².